The molecule has 2 aromatic rings. The number of aromatic nitrogens is 1. The molecular weight excluding hydrogens is 268 g/mol. The van der Waals surface area contributed by atoms with E-state index in [1.807, 2.05) is 18.2 Å². The maximum absolute atomic E-state index is 5.37. The number of pyridine rings is 1. The second kappa shape index (κ2) is 5.16. The van der Waals surface area contributed by atoms with Crippen LogP contribution in [0.25, 0.3) is 11.5 Å². The van der Waals surface area contributed by atoms with E-state index < -0.39 is 0 Å². The van der Waals surface area contributed by atoms with Gasteiger partial charge in [-0.2, -0.15) is 0 Å². The topological polar surface area (TPSA) is 38.1 Å². The Hall–Kier alpha value is -1.29. The summed E-state index contributed by atoms with van der Waals surface area (Å²) in [5.41, 5.74) is 1.90. The summed E-state index contributed by atoms with van der Waals surface area (Å²) in [5, 5.41) is 3.32. The standard InChI is InChI=1S/C12H13BrN2O/c1-2-5-14-9-3-6-15-11(8-9)12-10(13)4-7-16-12/h3-4,6-8H,2,5H2,1H3,(H,14,15). The SMILES string of the molecule is CCCNc1ccnc(-c2occc2Br)c1. The van der Waals surface area contributed by atoms with Crippen molar-refractivity contribution in [1.82, 2.24) is 4.98 Å². The number of rotatable bonds is 4. The van der Waals surface area contributed by atoms with Gasteiger partial charge in [0.2, 0.25) is 0 Å². The lowest BCUT2D eigenvalue weighted by atomic mass is 10.2. The van der Waals surface area contributed by atoms with Gasteiger partial charge in [-0.3, -0.25) is 4.98 Å². The lowest BCUT2D eigenvalue weighted by Crippen LogP contribution is -1.99. The Morgan fingerprint density at radius 3 is 3.00 bits per heavy atom. The van der Waals surface area contributed by atoms with Gasteiger partial charge >= 0.3 is 0 Å². The maximum atomic E-state index is 5.37. The predicted octanol–water partition coefficient (Wildman–Crippen LogP) is 3.93. The molecular formula is C12H13BrN2O. The van der Waals surface area contributed by atoms with Gasteiger partial charge < -0.3 is 9.73 Å². The molecule has 84 valence electrons. The molecule has 0 fully saturated rings. The number of hydrogen-bond acceptors (Lipinski definition) is 3. The molecule has 16 heavy (non-hydrogen) atoms. The monoisotopic (exact) mass is 280 g/mol. The van der Waals surface area contributed by atoms with E-state index in [1.165, 1.54) is 0 Å². The van der Waals surface area contributed by atoms with E-state index in [4.69, 9.17) is 4.42 Å². The van der Waals surface area contributed by atoms with Crippen molar-refractivity contribution in [2.24, 2.45) is 0 Å². The van der Waals surface area contributed by atoms with E-state index in [9.17, 15) is 0 Å². The molecule has 0 saturated carbocycles. The molecule has 2 aromatic heterocycles. The molecule has 0 atom stereocenters. The van der Waals surface area contributed by atoms with Gasteiger partial charge in [-0.1, -0.05) is 6.92 Å². The molecule has 0 spiro atoms. The quantitative estimate of drug-likeness (QED) is 0.922. The van der Waals surface area contributed by atoms with Crippen LogP contribution < -0.4 is 5.32 Å². The van der Waals surface area contributed by atoms with Crippen LogP contribution in [0.2, 0.25) is 0 Å². The van der Waals surface area contributed by atoms with Crippen molar-refractivity contribution in [3.63, 3.8) is 0 Å². The Kier molecular flexibility index (Phi) is 3.62. The zero-order valence-corrected chi connectivity index (χ0v) is 10.6. The number of nitrogens with zero attached hydrogens (tertiary/aromatic N) is 1. The van der Waals surface area contributed by atoms with Crippen LogP contribution >= 0.6 is 15.9 Å². The summed E-state index contributed by atoms with van der Waals surface area (Å²) in [4.78, 5) is 4.29. The van der Waals surface area contributed by atoms with E-state index in [-0.39, 0.29) is 0 Å². The van der Waals surface area contributed by atoms with Gasteiger partial charge in [-0.15, -0.1) is 0 Å². The fourth-order valence-electron chi connectivity index (χ4n) is 1.41. The van der Waals surface area contributed by atoms with Crippen molar-refractivity contribution < 1.29 is 4.42 Å². The highest BCUT2D eigenvalue weighted by Crippen LogP contribution is 2.28. The fourth-order valence-corrected chi connectivity index (χ4v) is 1.82. The number of halogens is 1. The normalized spacial score (nSPS) is 10.4. The summed E-state index contributed by atoms with van der Waals surface area (Å²) >= 11 is 3.43. The van der Waals surface area contributed by atoms with Crippen LogP contribution in [-0.2, 0) is 0 Å². The van der Waals surface area contributed by atoms with Gasteiger partial charge in [0.1, 0.15) is 5.69 Å². The van der Waals surface area contributed by atoms with Crippen LogP contribution in [0, 0.1) is 0 Å². The third kappa shape index (κ3) is 2.44. The van der Waals surface area contributed by atoms with E-state index in [0.717, 1.165) is 34.6 Å². The van der Waals surface area contributed by atoms with Crippen LogP contribution in [0.4, 0.5) is 5.69 Å². The number of furan rings is 1. The molecule has 0 amide bonds. The molecule has 3 nitrogen and oxygen atoms in total. The Balaban J connectivity index is 2.26. The lowest BCUT2D eigenvalue weighted by molar-refractivity contribution is 0.579. The van der Waals surface area contributed by atoms with Gasteiger partial charge in [0.15, 0.2) is 5.76 Å². The first-order valence-electron chi connectivity index (χ1n) is 5.24. The predicted molar refractivity (Wildman–Crippen MR) is 68.4 cm³/mol. The van der Waals surface area contributed by atoms with Gasteiger partial charge in [0, 0.05) is 18.4 Å². The minimum absolute atomic E-state index is 0.764. The van der Waals surface area contributed by atoms with Crippen molar-refractivity contribution in [2.45, 2.75) is 13.3 Å². The van der Waals surface area contributed by atoms with Crippen molar-refractivity contribution in [3.05, 3.63) is 35.1 Å². The number of anilines is 1. The molecule has 0 radical (unpaired) electrons. The second-order valence-corrected chi connectivity index (χ2v) is 4.31. The Morgan fingerprint density at radius 1 is 1.44 bits per heavy atom. The van der Waals surface area contributed by atoms with Gasteiger partial charge in [0.25, 0.3) is 0 Å². The number of hydrogen-bond donors (Lipinski definition) is 1. The first-order valence-corrected chi connectivity index (χ1v) is 6.04. The average molecular weight is 281 g/mol. The van der Waals surface area contributed by atoms with Gasteiger partial charge in [-0.05, 0) is 40.5 Å². The average Bonchev–Trinajstić information content (AvgIpc) is 2.73. The summed E-state index contributed by atoms with van der Waals surface area (Å²) in [5.74, 6) is 0.764. The summed E-state index contributed by atoms with van der Waals surface area (Å²) in [6.45, 7) is 3.10. The van der Waals surface area contributed by atoms with Crippen molar-refractivity contribution >= 4 is 21.6 Å². The highest BCUT2D eigenvalue weighted by atomic mass is 79.9. The van der Waals surface area contributed by atoms with E-state index in [2.05, 4.69) is 33.2 Å². The molecule has 2 heterocycles. The van der Waals surface area contributed by atoms with Crippen LogP contribution in [0.1, 0.15) is 13.3 Å². The van der Waals surface area contributed by atoms with Crippen LogP contribution in [0.3, 0.4) is 0 Å². The highest BCUT2D eigenvalue weighted by molar-refractivity contribution is 9.10. The van der Waals surface area contributed by atoms with Crippen molar-refractivity contribution in [3.8, 4) is 11.5 Å². The number of nitrogens with one attached hydrogen (secondary N) is 1. The minimum atomic E-state index is 0.764. The van der Waals surface area contributed by atoms with Crippen LogP contribution in [0.15, 0.2) is 39.5 Å². The smallest absolute Gasteiger partial charge is 0.166 e. The van der Waals surface area contributed by atoms with E-state index in [0.29, 0.717) is 0 Å². The first-order chi connectivity index (χ1) is 7.81. The molecule has 0 aliphatic heterocycles. The third-order valence-electron chi connectivity index (χ3n) is 2.19. The molecule has 0 unspecified atom stereocenters. The molecule has 2 rings (SSSR count). The van der Waals surface area contributed by atoms with E-state index >= 15 is 0 Å². The Labute approximate surface area is 103 Å². The zero-order valence-electron chi connectivity index (χ0n) is 9.03. The molecule has 0 saturated heterocycles. The van der Waals surface area contributed by atoms with Crippen LogP contribution in [0.5, 0.6) is 0 Å². The summed E-state index contributed by atoms with van der Waals surface area (Å²) in [6.07, 6.45) is 4.53. The summed E-state index contributed by atoms with van der Waals surface area (Å²) in [7, 11) is 0. The maximum Gasteiger partial charge on any atom is 0.166 e. The zero-order chi connectivity index (χ0) is 11.4. The third-order valence-corrected chi connectivity index (χ3v) is 2.81. The highest BCUT2D eigenvalue weighted by Gasteiger charge is 2.08. The molecule has 4 heteroatoms. The Morgan fingerprint density at radius 2 is 2.31 bits per heavy atom. The molecule has 1 N–H and O–H groups in total. The van der Waals surface area contributed by atoms with E-state index in [1.54, 1.807) is 12.5 Å². The van der Waals surface area contributed by atoms with Crippen molar-refractivity contribution in [1.29, 1.82) is 0 Å². The molecule has 0 bridgehead atoms. The summed E-state index contributed by atoms with van der Waals surface area (Å²) in [6, 6.07) is 5.80. The fraction of sp³-hybridized carbons (Fsp3) is 0.250. The summed E-state index contributed by atoms with van der Waals surface area (Å²) < 4.78 is 6.30. The van der Waals surface area contributed by atoms with Gasteiger partial charge in [0.05, 0.1) is 10.7 Å². The minimum Gasteiger partial charge on any atom is -0.461 e. The van der Waals surface area contributed by atoms with Crippen molar-refractivity contribution in [2.75, 3.05) is 11.9 Å². The molecule has 0 aromatic carbocycles. The largest absolute Gasteiger partial charge is 0.461 e. The lowest BCUT2D eigenvalue weighted by Gasteiger charge is -2.05. The Bertz CT molecular complexity index is 468. The molecule has 0 aliphatic rings. The van der Waals surface area contributed by atoms with Gasteiger partial charge in [-0.25, -0.2) is 0 Å². The molecule has 0 aliphatic carbocycles. The first kappa shape index (κ1) is 11.2. The second-order valence-electron chi connectivity index (χ2n) is 3.45. The van der Waals surface area contributed by atoms with Crippen LogP contribution in [-0.4, -0.2) is 11.5 Å².